The van der Waals surface area contributed by atoms with Crippen LogP contribution in [-0.4, -0.2) is 23.2 Å². The molecule has 0 unspecified atom stereocenters. The molecule has 9 rings (SSSR count). The van der Waals surface area contributed by atoms with Crippen LogP contribution in [0.25, 0.3) is 90.9 Å². The zero-order valence-electron chi connectivity index (χ0n) is 35.5. The number of aromatic nitrogens is 4. The Morgan fingerprint density at radius 2 is 0.576 bits per heavy atom. The van der Waals surface area contributed by atoms with Crippen molar-refractivity contribution in [2.45, 2.75) is 41.5 Å². The zero-order valence-corrected chi connectivity index (χ0v) is 35.5. The van der Waals surface area contributed by atoms with Crippen LogP contribution in [0.5, 0.6) is 0 Å². The second-order valence-corrected chi connectivity index (χ2v) is 14.6. The van der Waals surface area contributed by atoms with Crippen LogP contribution >= 0.6 is 0 Å². The van der Waals surface area contributed by atoms with E-state index in [1.165, 1.54) is 22.3 Å². The van der Waals surface area contributed by atoms with Crippen LogP contribution in [0.4, 0.5) is 0 Å². The van der Waals surface area contributed by atoms with Gasteiger partial charge < -0.3 is 14.7 Å². The van der Waals surface area contributed by atoms with Crippen molar-refractivity contribution >= 4 is 46.4 Å². The predicted octanol–water partition coefficient (Wildman–Crippen LogP) is 6.87. The second kappa shape index (κ2) is 19.1. The van der Waals surface area contributed by atoms with E-state index in [1.807, 2.05) is 13.8 Å². The fourth-order valence-corrected chi connectivity index (χ4v) is 7.36. The first kappa shape index (κ1) is 43.2. The summed E-state index contributed by atoms with van der Waals surface area (Å²) in [7, 11) is 0. The Morgan fingerprint density at radius 1 is 0.356 bits per heavy atom. The Hall–Kier alpha value is -5.37. The van der Waals surface area contributed by atoms with E-state index >= 15 is 0 Å². The molecule has 0 aliphatic carbocycles. The third kappa shape index (κ3) is 9.27. The van der Waals surface area contributed by atoms with Crippen LogP contribution < -0.4 is 47.7 Å². The first-order valence-electron chi connectivity index (χ1n) is 19.7. The molecule has 7 aromatic rings. The van der Waals surface area contributed by atoms with Gasteiger partial charge in [-0.3, -0.25) is 0 Å². The number of ether oxygens (including phenoxy) is 1. The predicted molar refractivity (Wildman–Crippen MR) is 240 cm³/mol. The molecule has 2 aliphatic heterocycles. The fraction of sp³-hybridized carbons (Fsp3) is 0.154. The number of rotatable bonds is 6. The van der Waals surface area contributed by atoms with E-state index in [2.05, 4.69) is 173 Å². The molecule has 0 fully saturated rings. The summed E-state index contributed by atoms with van der Waals surface area (Å²) in [6.45, 7) is 14.1. The van der Waals surface area contributed by atoms with E-state index in [1.54, 1.807) is 0 Å². The third-order valence-electron chi connectivity index (χ3n) is 10.4. The average Bonchev–Trinajstić information content (AvgIpc) is 4.06. The van der Waals surface area contributed by atoms with Crippen LogP contribution in [0.2, 0.25) is 0 Å². The molecule has 8 bridgehead atoms. The van der Waals surface area contributed by atoms with Gasteiger partial charge in [-0.15, -0.1) is 22.1 Å². The van der Waals surface area contributed by atoms with Crippen LogP contribution in [-0.2, 0) is 4.74 Å². The molecule has 0 radical (unpaired) electrons. The van der Waals surface area contributed by atoms with Gasteiger partial charge in [-0.1, -0.05) is 144 Å². The molecule has 2 aliphatic rings. The summed E-state index contributed by atoms with van der Waals surface area (Å²) in [6, 6.07) is 43.0. The van der Waals surface area contributed by atoms with E-state index in [0.29, 0.717) is 0 Å². The molecular formula is C52H46Li2N4O. The monoisotopic (exact) mass is 756 g/mol. The minimum Gasteiger partial charge on any atom is -0.657 e. The van der Waals surface area contributed by atoms with E-state index < -0.39 is 0 Å². The average molecular weight is 757 g/mol. The van der Waals surface area contributed by atoms with Crippen LogP contribution in [0.1, 0.15) is 58.9 Å². The Kier molecular flexibility index (Phi) is 14.0. The fourth-order valence-electron chi connectivity index (χ4n) is 7.36. The number of hydrogen-bond donors (Lipinski definition) is 0. The summed E-state index contributed by atoms with van der Waals surface area (Å²) in [5, 5.41) is 0. The van der Waals surface area contributed by atoms with Gasteiger partial charge in [-0.2, -0.15) is 0 Å². The summed E-state index contributed by atoms with van der Waals surface area (Å²) < 4.78 is 4.83. The molecule has 5 heterocycles. The van der Waals surface area contributed by atoms with Gasteiger partial charge in [0.2, 0.25) is 0 Å². The summed E-state index contributed by atoms with van der Waals surface area (Å²) in [5.41, 5.74) is 19.9. The largest absolute Gasteiger partial charge is 1.00 e. The minimum atomic E-state index is 0. The number of hydrogen-bond acceptors (Lipinski definition) is 3. The molecule has 0 saturated heterocycles. The van der Waals surface area contributed by atoms with Gasteiger partial charge in [0, 0.05) is 13.2 Å². The van der Waals surface area contributed by atoms with E-state index in [9.17, 15) is 0 Å². The smallest absolute Gasteiger partial charge is 0.657 e. The van der Waals surface area contributed by atoms with Gasteiger partial charge in [-0.25, -0.2) is 9.97 Å². The molecule has 0 saturated carbocycles. The molecule has 0 N–H and O–H groups in total. The first-order valence-corrected chi connectivity index (χ1v) is 19.7. The van der Waals surface area contributed by atoms with Gasteiger partial charge in [0.25, 0.3) is 0 Å². The van der Waals surface area contributed by atoms with E-state index in [4.69, 9.17) is 24.7 Å². The molecule has 59 heavy (non-hydrogen) atoms. The van der Waals surface area contributed by atoms with Gasteiger partial charge in [0.1, 0.15) is 0 Å². The number of aryl methyl sites for hydroxylation is 4. The van der Waals surface area contributed by atoms with Crippen molar-refractivity contribution in [2.24, 2.45) is 0 Å². The Labute approximate surface area is 372 Å². The van der Waals surface area contributed by atoms with Gasteiger partial charge in [0.15, 0.2) is 0 Å². The van der Waals surface area contributed by atoms with Crippen molar-refractivity contribution in [1.82, 2.24) is 19.9 Å². The van der Waals surface area contributed by atoms with E-state index in [0.717, 1.165) is 103 Å². The van der Waals surface area contributed by atoms with Crippen molar-refractivity contribution < 1.29 is 42.5 Å². The van der Waals surface area contributed by atoms with E-state index in [-0.39, 0.29) is 37.7 Å². The molecule has 0 amide bonds. The second-order valence-electron chi connectivity index (χ2n) is 14.6. The maximum atomic E-state index is 5.37. The molecule has 3 aromatic heterocycles. The van der Waals surface area contributed by atoms with Crippen LogP contribution in [0, 0.1) is 27.7 Å². The summed E-state index contributed by atoms with van der Waals surface area (Å²) in [5.74, 6) is 0. The number of fused-ring (bicyclic) bond motifs is 8. The Balaban J connectivity index is 0.000000790. The molecule has 0 spiro atoms. The Bertz CT molecular complexity index is 2420. The number of nitrogens with zero attached hydrogens (tertiary/aromatic N) is 4. The third-order valence-corrected chi connectivity index (χ3v) is 10.4. The van der Waals surface area contributed by atoms with Crippen molar-refractivity contribution in [2.75, 3.05) is 13.2 Å². The maximum absolute atomic E-state index is 5.37. The van der Waals surface area contributed by atoms with Crippen molar-refractivity contribution in [1.29, 1.82) is 0 Å². The van der Waals surface area contributed by atoms with Crippen molar-refractivity contribution in [3.05, 3.63) is 166 Å². The van der Waals surface area contributed by atoms with Crippen LogP contribution in [0.15, 0.2) is 121 Å². The maximum Gasteiger partial charge on any atom is 1.00 e. The normalized spacial score (nSPS) is 11.4. The van der Waals surface area contributed by atoms with Gasteiger partial charge in [-0.05, 0) is 110 Å². The van der Waals surface area contributed by atoms with Gasteiger partial charge in [0.05, 0.1) is 22.8 Å². The molecule has 4 aromatic carbocycles. The SMILES string of the molecule is CCOCC.Cc1ccc(-c2c3nc(c(-c4ccc(C)cc4)c4ccc([n-]4)c(-c4ccc(C)cc4)c4nc(c(-c5ccc(C)cc5)c5ccc2[n-]5)C=C4)C=C3)cc1.[Li+].[Li+]. The zero-order chi connectivity index (χ0) is 39.5. The molecular weight excluding hydrogens is 710 g/mol. The van der Waals surface area contributed by atoms with Gasteiger partial charge >= 0.3 is 37.7 Å². The summed E-state index contributed by atoms with van der Waals surface area (Å²) >= 11 is 0. The number of benzene rings is 4. The summed E-state index contributed by atoms with van der Waals surface area (Å²) in [6.07, 6.45) is 8.48. The standard InChI is InChI=1S/C48H36N4.C4H10O.2Li/c1-29-5-13-33(14-6-29)45-37-21-23-39(49-37)46(34-15-7-30(2)8-16-34)41-25-27-43(51-41)48(36-19-11-32(4)12-20-36)44-28-26-42(52-44)47(40-24-22-38(45)50-40)35-17-9-31(3)10-18-35;1-3-5-4-2;;/h5-28H,1-4H3;3-4H2,1-2H3;;/q-2;;2*+1. The molecule has 5 nitrogen and oxygen atoms in total. The summed E-state index contributed by atoms with van der Waals surface area (Å²) in [4.78, 5) is 21.5. The minimum absolute atomic E-state index is 0. The molecule has 7 heteroatoms. The van der Waals surface area contributed by atoms with Crippen molar-refractivity contribution in [3.63, 3.8) is 0 Å². The molecule has 282 valence electrons. The van der Waals surface area contributed by atoms with Crippen molar-refractivity contribution in [3.8, 4) is 44.5 Å². The van der Waals surface area contributed by atoms with Crippen LogP contribution in [0.3, 0.4) is 0 Å². The quantitative estimate of drug-likeness (QED) is 0.174. The topological polar surface area (TPSA) is 63.2 Å². The first-order chi connectivity index (χ1) is 27.8. The molecule has 0 atom stereocenters. The Morgan fingerprint density at radius 3 is 0.763 bits per heavy atom.